The summed E-state index contributed by atoms with van der Waals surface area (Å²) in [6.45, 7) is 6.22. The Kier molecular flexibility index (Phi) is 6.63. The molecule has 2 aromatic heterocycles. The second-order valence-corrected chi connectivity index (χ2v) is 7.06. The van der Waals surface area contributed by atoms with Gasteiger partial charge in [-0.2, -0.15) is 0 Å². The number of ether oxygens (including phenoxy) is 1. The molecule has 1 saturated heterocycles. The molecule has 1 fully saturated rings. The summed E-state index contributed by atoms with van der Waals surface area (Å²) in [5, 5.41) is 19.7. The lowest BCUT2D eigenvalue weighted by Gasteiger charge is -2.24. The van der Waals surface area contributed by atoms with Crippen LogP contribution in [0.25, 0.3) is 0 Å². The lowest BCUT2D eigenvalue weighted by Crippen LogP contribution is -2.42. The number of nitrogens with one attached hydrogen (secondary N) is 3. The van der Waals surface area contributed by atoms with Crippen molar-refractivity contribution < 1.29 is 9.84 Å². The number of pyridine rings is 1. The number of aliphatic hydroxyl groups is 1. The highest BCUT2D eigenvalue weighted by Gasteiger charge is 2.14. The van der Waals surface area contributed by atoms with Gasteiger partial charge in [0.2, 0.25) is 0 Å². The first-order chi connectivity index (χ1) is 13.9. The van der Waals surface area contributed by atoms with Crippen molar-refractivity contribution in [3.8, 4) is 24.2 Å². The maximum Gasteiger partial charge on any atom is 0.150 e. The van der Waals surface area contributed by atoms with E-state index in [2.05, 4.69) is 48.7 Å². The van der Waals surface area contributed by atoms with Crippen molar-refractivity contribution in [3.05, 3.63) is 35.9 Å². The van der Waals surface area contributed by atoms with Crippen molar-refractivity contribution in [2.24, 2.45) is 0 Å². The van der Waals surface area contributed by atoms with Gasteiger partial charge >= 0.3 is 0 Å². The molecule has 8 nitrogen and oxygen atoms in total. The summed E-state index contributed by atoms with van der Waals surface area (Å²) in [5.74, 6) is 9.34. The maximum absolute atomic E-state index is 9.91. The molecule has 3 heterocycles. The van der Waals surface area contributed by atoms with E-state index in [9.17, 15) is 5.11 Å². The predicted octanol–water partition coefficient (Wildman–Crippen LogP) is 1.12. The molecule has 0 aliphatic carbocycles. The van der Waals surface area contributed by atoms with Gasteiger partial charge in [0.1, 0.15) is 22.9 Å². The topological polar surface area (TPSA) is 104 Å². The van der Waals surface area contributed by atoms with Crippen LogP contribution in [0.1, 0.15) is 25.1 Å². The third-order valence-corrected chi connectivity index (χ3v) is 3.99. The molecule has 29 heavy (non-hydrogen) atoms. The SMILES string of the molecule is C#Cc1cnc(Nc2cc(NC[C@@H]3CNCCO3)c(C#CC(C)(C)O)cn2)cn1. The second-order valence-electron chi connectivity index (χ2n) is 7.06. The number of rotatable bonds is 5. The van der Waals surface area contributed by atoms with Crippen LogP contribution in [0.4, 0.5) is 17.3 Å². The van der Waals surface area contributed by atoms with Crippen molar-refractivity contribution in [3.63, 3.8) is 0 Å². The summed E-state index contributed by atoms with van der Waals surface area (Å²) in [5.41, 5.74) is 0.819. The summed E-state index contributed by atoms with van der Waals surface area (Å²) in [4.78, 5) is 12.7. The van der Waals surface area contributed by atoms with Gasteiger partial charge in [0, 0.05) is 31.9 Å². The second kappa shape index (κ2) is 9.35. The Labute approximate surface area is 170 Å². The van der Waals surface area contributed by atoms with Gasteiger partial charge in [0.15, 0.2) is 0 Å². The Morgan fingerprint density at radius 1 is 1.28 bits per heavy atom. The molecule has 0 saturated carbocycles. The monoisotopic (exact) mass is 392 g/mol. The van der Waals surface area contributed by atoms with Crippen molar-refractivity contribution in [1.82, 2.24) is 20.3 Å². The molecule has 4 N–H and O–H groups in total. The van der Waals surface area contributed by atoms with E-state index >= 15 is 0 Å². The van der Waals surface area contributed by atoms with Crippen LogP contribution in [0.3, 0.4) is 0 Å². The number of nitrogens with zero attached hydrogens (tertiary/aromatic N) is 3. The zero-order valence-electron chi connectivity index (χ0n) is 16.5. The first-order valence-corrected chi connectivity index (χ1v) is 9.30. The minimum atomic E-state index is -1.10. The number of anilines is 3. The number of hydrogen-bond acceptors (Lipinski definition) is 8. The Morgan fingerprint density at radius 3 is 2.76 bits per heavy atom. The highest BCUT2D eigenvalue weighted by atomic mass is 16.5. The smallest absolute Gasteiger partial charge is 0.150 e. The third kappa shape index (κ3) is 6.44. The fraction of sp³-hybridized carbons (Fsp3) is 0.381. The summed E-state index contributed by atoms with van der Waals surface area (Å²) < 4.78 is 5.73. The van der Waals surface area contributed by atoms with E-state index in [0.717, 1.165) is 18.8 Å². The van der Waals surface area contributed by atoms with Crippen LogP contribution in [0.15, 0.2) is 24.7 Å². The average Bonchev–Trinajstić information content (AvgIpc) is 2.72. The largest absolute Gasteiger partial charge is 0.381 e. The first-order valence-electron chi connectivity index (χ1n) is 9.30. The molecule has 0 spiro atoms. The van der Waals surface area contributed by atoms with Gasteiger partial charge in [-0.15, -0.1) is 6.42 Å². The molecular weight excluding hydrogens is 368 g/mol. The molecule has 0 aromatic carbocycles. The Bertz CT molecular complexity index is 929. The zero-order chi connectivity index (χ0) is 20.7. The van der Waals surface area contributed by atoms with Crippen LogP contribution in [0, 0.1) is 24.2 Å². The molecule has 2 aromatic rings. The molecule has 0 bridgehead atoms. The van der Waals surface area contributed by atoms with Gasteiger partial charge in [0.25, 0.3) is 0 Å². The summed E-state index contributed by atoms with van der Waals surface area (Å²) in [6, 6.07) is 1.83. The van der Waals surface area contributed by atoms with Crippen LogP contribution >= 0.6 is 0 Å². The number of aromatic nitrogens is 3. The molecule has 1 aliphatic heterocycles. The summed E-state index contributed by atoms with van der Waals surface area (Å²) >= 11 is 0. The Hall–Kier alpha value is -3.17. The van der Waals surface area contributed by atoms with E-state index in [1.165, 1.54) is 6.20 Å². The van der Waals surface area contributed by atoms with Crippen molar-refractivity contribution in [2.45, 2.75) is 25.6 Å². The summed E-state index contributed by atoms with van der Waals surface area (Å²) in [6.07, 6.45) is 10.1. The molecule has 1 atom stereocenters. The van der Waals surface area contributed by atoms with Gasteiger partial charge in [-0.3, -0.25) is 0 Å². The van der Waals surface area contributed by atoms with E-state index in [1.54, 1.807) is 26.2 Å². The van der Waals surface area contributed by atoms with Gasteiger partial charge in [0.05, 0.1) is 36.4 Å². The molecule has 1 aliphatic rings. The molecule has 3 rings (SSSR count). The average molecular weight is 392 g/mol. The Balaban J connectivity index is 1.80. The van der Waals surface area contributed by atoms with Crippen LogP contribution in [0.5, 0.6) is 0 Å². The van der Waals surface area contributed by atoms with Crippen LogP contribution < -0.4 is 16.0 Å². The van der Waals surface area contributed by atoms with Gasteiger partial charge in [-0.1, -0.05) is 11.8 Å². The van der Waals surface area contributed by atoms with E-state index in [1.807, 2.05) is 6.07 Å². The fourth-order valence-corrected chi connectivity index (χ4v) is 2.56. The van der Waals surface area contributed by atoms with Gasteiger partial charge in [-0.05, 0) is 19.8 Å². The standard InChI is InChI=1S/C21H24N6O2/c1-4-16-11-26-20(14-23-16)27-19-9-18(24-13-17-12-22-7-8-29-17)15(10-25-19)5-6-21(2,3)28/h1,9-11,14,17,22,28H,7-8,12-13H2,2-3H3,(H2,24,25,26,27)/t17-/m0/s1. The highest BCUT2D eigenvalue weighted by Crippen LogP contribution is 2.21. The zero-order valence-corrected chi connectivity index (χ0v) is 16.5. The molecule has 150 valence electrons. The van der Waals surface area contributed by atoms with Crippen molar-refractivity contribution in [2.75, 3.05) is 36.9 Å². The first kappa shape index (κ1) is 20.6. The third-order valence-electron chi connectivity index (χ3n) is 3.99. The van der Waals surface area contributed by atoms with Crippen LogP contribution in [-0.4, -0.2) is 58.0 Å². The van der Waals surface area contributed by atoms with Gasteiger partial charge < -0.3 is 25.8 Å². The Morgan fingerprint density at radius 2 is 2.10 bits per heavy atom. The molecular formula is C21H24N6O2. The van der Waals surface area contributed by atoms with E-state index in [4.69, 9.17) is 11.2 Å². The lowest BCUT2D eigenvalue weighted by molar-refractivity contribution is 0.0372. The minimum absolute atomic E-state index is 0.0607. The van der Waals surface area contributed by atoms with E-state index in [0.29, 0.717) is 36.0 Å². The number of terminal acetylenes is 1. The summed E-state index contributed by atoms with van der Waals surface area (Å²) in [7, 11) is 0. The fourth-order valence-electron chi connectivity index (χ4n) is 2.56. The van der Waals surface area contributed by atoms with Crippen molar-refractivity contribution in [1.29, 1.82) is 0 Å². The van der Waals surface area contributed by atoms with E-state index < -0.39 is 5.60 Å². The number of morpholine rings is 1. The van der Waals surface area contributed by atoms with Crippen LogP contribution in [0.2, 0.25) is 0 Å². The van der Waals surface area contributed by atoms with Crippen LogP contribution in [-0.2, 0) is 4.74 Å². The van der Waals surface area contributed by atoms with Gasteiger partial charge in [-0.25, -0.2) is 15.0 Å². The molecule has 0 unspecified atom stereocenters. The number of hydrogen-bond donors (Lipinski definition) is 4. The van der Waals surface area contributed by atoms with E-state index in [-0.39, 0.29) is 6.10 Å². The molecule has 0 radical (unpaired) electrons. The maximum atomic E-state index is 9.91. The predicted molar refractivity (Wildman–Crippen MR) is 112 cm³/mol. The minimum Gasteiger partial charge on any atom is -0.381 e. The lowest BCUT2D eigenvalue weighted by atomic mass is 10.1. The quantitative estimate of drug-likeness (QED) is 0.561. The molecule has 0 amide bonds. The highest BCUT2D eigenvalue weighted by molar-refractivity contribution is 5.65. The normalized spacial score (nSPS) is 16.3. The van der Waals surface area contributed by atoms with Crippen molar-refractivity contribution >= 4 is 17.3 Å². The molecule has 8 heteroatoms.